The van der Waals surface area contributed by atoms with Crippen molar-refractivity contribution in [1.82, 2.24) is 0 Å². The molecule has 0 aliphatic carbocycles. The number of hydrogen-bond acceptors (Lipinski definition) is 6. The second-order valence-corrected chi connectivity index (χ2v) is 6.71. The molecule has 0 bridgehead atoms. The lowest BCUT2D eigenvalue weighted by molar-refractivity contribution is -0.383. The molecule has 0 unspecified atom stereocenters. The summed E-state index contributed by atoms with van der Waals surface area (Å²) in [6, 6.07) is 10.1. The van der Waals surface area contributed by atoms with Gasteiger partial charge in [0.05, 0.1) is 17.1 Å². The lowest BCUT2D eigenvalue weighted by Crippen LogP contribution is -2.21. The smallest absolute Gasteiger partial charge is 0.338 e. The van der Waals surface area contributed by atoms with Gasteiger partial charge in [-0.2, -0.15) is 0 Å². The van der Waals surface area contributed by atoms with Crippen molar-refractivity contribution in [1.29, 1.82) is 0 Å². The molecule has 0 radical (unpaired) electrons. The van der Waals surface area contributed by atoms with Gasteiger partial charge in [-0.25, -0.2) is 4.79 Å². The Morgan fingerprint density at radius 1 is 1.18 bits per heavy atom. The van der Waals surface area contributed by atoms with E-state index in [4.69, 9.17) is 21.1 Å². The molecule has 2 rings (SSSR count). The van der Waals surface area contributed by atoms with Crippen LogP contribution in [0.1, 0.15) is 24.2 Å². The summed E-state index contributed by atoms with van der Waals surface area (Å²) in [6.07, 6.45) is 0. The first-order chi connectivity index (χ1) is 13.3. The zero-order chi connectivity index (χ0) is 20.7. The van der Waals surface area contributed by atoms with Crippen LogP contribution in [0.5, 0.6) is 5.75 Å². The van der Waals surface area contributed by atoms with Crippen molar-refractivity contribution in [2.24, 2.45) is 5.92 Å². The summed E-state index contributed by atoms with van der Waals surface area (Å²) in [4.78, 5) is 34.3. The van der Waals surface area contributed by atoms with E-state index in [-0.39, 0.29) is 22.0 Å². The van der Waals surface area contributed by atoms with Crippen molar-refractivity contribution in [3.8, 4) is 5.75 Å². The molecule has 1 amide bonds. The Morgan fingerprint density at radius 3 is 2.46 bits per heavy atom. The fourth-order valence-corrected chi connectivity index (χ4v) is 2.28. The van der Waals surface area contributed by atoms with Crippen molar-refractivity contribution in [2.45, 2.75) is 13.8 Å². The molecule has 2 aromatic carbocycles. The Kier molecular flexibility index (Phi) is 7.34. The average molecular weight is 407 g/mol. The number of nitro groups is 1. The average Bonchev–Trinajstić information content (AvgIpc) is 2.66. The van der Waals surface area contributed by atoms with Crippen LogP contribution in [0.25, 0.3) is 0 Å². The van der Waals surface area contributed by atoms with Crippen LogP contribution >= 0.6 is 11.6 Å². The van der Waals surface area contributed by atoms with Crippen molar-refractivity contribution in [3.05, 3.63) is 63.2 Å². The highest BCUT2D eigenvalue weighted by atomic mass is 35.5. The third-order valence-electron chi connectivity index (χ3n) is 3.44. The fourth-order valence-electron chi connectivity index (χ4n) is 2.11. The number of amides is 1. The van der Waals surface area contributed by atoms with Crippen LogP contribution in [-0.2, 0) is 9.53 Å². The van der Waals surface area contributed by atoms with Gasteiger partial charge in [0.25, 0.3) is 11.6 Å². The van der Waals surface area contributed by atoms with E-state index in [9.17, 15) is 19.7 Å². The number of rotatable bonds is 8. The third-order valence-corrected chi connectivity index (χ3v) is 3.67. The Labute approximate surface area is 166 Å². The SMILES string of the molecule is CC(C)COc1ccc(C(=O)OCC(=O)Nc2ccc(Cl)cc2[N+](=O)[O-])cc1. The van der Waals surface area contributed by atoms with Crippen molar-refractivity contribution in [3.63, 3.8) is 0 Å². The number of anilines is 1. The largest absolute Gasteiger partial charge is 0.493 e. The molecule has 0 spiro atoms. The summed E-state index contributed by atoms with van der Waals surface area (Å²) in [5.41, 5.74) is -0.145. The van der Waals surface area contributed by atoms with Gasteiger partial charge in [-0.3, -0.25) is 14.9 Å². The van der Waals surface area contributed by atoms with Crippen molar-refractivity contribution < 1.29 is 24.0 Å². The highest BCUT2D eigenvalue weighted by Gasteiger charge is 2.17. The van der Waals surface area contributed by atoms with Crippen LogP contribution < -0.4 is 10.1 Å². The number of hydrogen-bond donors (Lipinski definition) is 1. The molecule has 0 heterocycles. The summed E-state index contributed by atoms with van der Waals surface area (Å²) in [6.45, 7) is 4.01. The van der Waals surface area contributed by atoms with E-state index in [1.54, 1.807) is 12.1 Å². The zero-order valence-corrected chi connectivity index (χ0v) is 16.1. The standard InChI is InChI=1S/C19H19ClN2O6/c1-12(2)10-27-15-6-3-13(4-7-15)19(24)28-11-18(23)21-16-8-5-14(20)9-17(16)22(25)26/h3-9,12H,10-11H2,1-2H3,(H,21,23). The molecule has 0 aromatic heterocycles. The Balaban J connectivity index is 1.90. The molecule has 148 valence electrons. The number of nitro benzene ring substituents is 1. The number of nitrogens with zero attached hydrogens (tertiary/aromatic N) is 1. The first-order valence-electron chi connectivity index (χ1n) is 8.40. The molecule has 0 aliphatic heterocycles. The minimum atomic E-state index is -0.712. The predicted octanol–water partition coefficient (Wildman–Crippen LogP) is 4.08. The monoisotopic (exact) mass is 406 g/mol. The number of benzene rings is 2. The minimum Gasteiger partial charge on any atom is -0.493 e. The topological polar surface area (TPSA) is 108 Å². The summed E-state index contributed by atoms with van der Waals surface area (Å²) >= 11 is 5.72. The lowest BCUT2D eigenvalue weighted by Gasteiger charge is -2.09. The molecule has 9 heteroatoms. The maximum Gasteiger partial charge on any atom is 0.338 e. The van der Waals surface area contributed by atoms with E-state index in [1.807, 2.05) is 13.8 Å². The van der Waals surface area contributed by atoms with Crippen LogP contribution in [0, 0.1) is 16.0 Å². The molecule has 0 aliphatic rings. The van der Waals surface area contributed by atoms with Crippen LogP contribution in [-0.4, -0.2) is 30.0 Å². The number of nitrogens with one attached hydrogen (secondary N) is 1. The highest BCUT2D eigenvalue weighted by Crippen LogP contribution is 2.27. The molecule has 0 fully saturated rings. The van der Waals surface area contributed by atoms with Crippen molar-refractivity contribution in [2.75, 3.05) is 18.5 Å². The van der Waals surface area contributed by atoms with Crippen LogP contribution in [0.15, 0.2) is 42.5 Å². The first-order valence-corrected chi connectivity index (χ1v) is 8.78. The molecule has 0 saturated carbocycles. The molecule has 8 nitrogen and oxygen atoms in total. The van der Waals surface area contributed by atoms with Gasteiger partial charge in [-0.15, -0.1) is 0 Å². The van der Waals surface area contributed by atoms with Gasteiger partial charge in [-0.05, 0) is 42.3 Å². The van der Waals surface area contributed by atoms with E-state index >= 15 is 0 Å². The van der Waals surface area contributed by atoms with Crippen LogP contribution in [0.3, 0.4) is 0 Å². The molecular weight excluding hydrogens is 388 g/mol. The number of ether oxygens (including phenoxy) is 2. The predicted molar refractivity (Wildman–Crippen MR) is 104 cm³/mol. The van der Waals surface area contributed by atoms with Gasteiger partial charge in [-0.1, -0.05) is 25.4 Å². The Hall–Kier alpha value is -3.13. The van der Waals surface area contributed by atoms with Gasteiger partial charge in [0, 0.05) is 11.1 Å². The lowest BCUT2D eigenvalue weighted by atomic mass is 10.2. The normalized spacial score (nSPS) is 10.4. The quantitative estimate of drug-likeness (QED) is 0.402. The Bertz CT molecular complexity index is 867. The second-order valence-electron chi connectivity index (χ2n) is 6.27. The van der Waals surface area contributed by atoms with Crippen molar-refractivity contribution >= 4 is 34.9 Å². The van der Waals surface area contributed by atoms with Gasteiger partial charge in [0.15, 0.2) is 6.61 Å². The summed E-state index contributed by atoms with van der Waals surface area (Å²) in [5, 5.41) is 13.5. The maximum atomic E-state index is 12.0. The van der Waals surface area contributed by atoms with Gasteiger partial charge >= 0.3 is 5.97 Å². The second kappa shape index (κ2) is 9.70. The van der Waals surface area contributed by atoms with Gasteiger partial charge in [0.2, 0.25) is 0 Å². The molecule has 28 heavy (non-hydrogen) atoms. The Morgan fingerprint density at radius 2 is 1.86 bits per heavy atom. The minimum absolute atomic E-state index is 0.0397. The summed E-state index contributed by atoms with van der Waals surface area (Å²) in [7, 11) is 0. The summed E-state index contributed by atoms with van der Waals surface area (Å²) in [5.74, 6) is -0.413. The number of esters is 1. The number of carbonyl (C=O) groups is 2. The van der Waals surface area contributed by atoms with Gasteiger partial charge in [0.1, 0.15) is 11.4 Å². The highest BCUT2D eigenvalue weighted by molar-refractivity contribution is 6.31. The molecule has 2 aromatic rings. The van der Waals surface area contributed by atoms with Crippen LogP contribution in [0.2, 0.25) is 5.02 Å². The van der Waals surface area contributed by atoms with E-state index in [0.717, 1.165) is 6.07 Å². The van der Waals surface area contributed by atoms with Crippen LogP contribution in [0.4, 0.5) is 11.4 Å². The zero-order valence-electron chi connectivity index (χ0n) is 15.3. The van der Waals surface area contributed by atoms with E-state index in [0.29, 0.717) is 18.3 Å². The molecule has 1 N–H and O–H groups in total. The fraction of sp³-hybridized carbons (Fsp3) is 0.263. The first kappa shape index (κ1) is 21.2. The molecular formula is C19H19ClN2O6. The van der Waals surface area contributed by atoms with E-state index < -0.39 is 23.4 Å². The third kappa shape index (κ3) is 6.24. The summed E-state index contributed by atoms with van der Waals surface area (Å²) < 4.78 is 10.5. The van der Waals surface area contributed by atoms with Gasteiger partial charge < -0.3 is 14.8 Å². The maximum absolute atomic E-state index is 12.0. The number of carbonyl (C=O) groups excluding carboxylic acids is 2. The van der Waals surface area contributed by atoms with E-state index in [2.05, 4.69) is 5.32 Å². The number of halogens is 1. The van der Waals surface area contributed by atoms with E-state index in [1.165, 1.54) is 24.3 Å². The molecule has 0 atom stereocenters. The molecule has 0 saturated heterocycles.